The minimum atomic E-state index is -0.787. The molecule has 1 aliphatic rings. The molecule has 1 amide bonds. The summed E-state index contributed by atoms with van der Waals surface area (Å²) in [4.78, 5) is 29.0. The van der Waals surface area contributed by atoms with Crippen LogP contribution in [0.4, 0.5) is 5.69 Å². The van der Waals surface area contributed by atoms with Crippen molar-refractivity contribution in [3.8, 4) is 11.3 Å². The number of carbonyl (C=O) groups is 2. The normalized spacial score (nSPS) is 17.1. The molecule has 0 saturated heterocycles. The Bertz CT molecular complexity index is 848. The van der Waals surface area contributed by atoms with Crippen molar-refractivity contribution in [2.45, 2.75) is 18.7 Å². The molecule has 1 atom stereocenters. The Labute approximate surface area is 144 Å². The summed E-state index contributed by atoms with van der Waals surface area (Å²) >= 11 is 1.62. The molecule has 2 aromatic rings. The molecule has 0 aliphatic carbocycles. The van der Waals surface area contributed by atoms with Crippen LogP contribution in [-0.2, 0) is 9.59 Å². The molecular formula is C18H17N3O2S. The number of aldehydes is 1. The van der Waals surface area contributed by atoms with Gasteiger partial charge in [0.25, 0.3) is 5.91 Å². The van der Waals surface area contributed by atoms with Gasteiger partial charge in [0.1, 0.15) is 12.2 Å². The van der Waals surface area contributed by atoms with Crippen molar-refractivity contribution in [3.63, 3.8) is 0 Å². The number of thioether (sulfide) groups is 1. The molecule has 1 unspecified atom stereocenters. The van der Waals surface area contributed by atoms with E-state index in [-0.39, 0.29) is 5.91 Å². The second kappa shape index (κ2) is 6.57. The molecule has 5 nitrogen and oxygen atoms in total. The molecule has 0 bridgehead atoms. The number of aryl methyl sites for hydroxylation is 1. The zero-order chi connectivity index (χ0) is 17.3. The monoisotopic (exact) mass is 339 g/mol. The third-order valence-electron chi connectivity index (χ3n) is 4.01. The lowest BCUT2D eigenvalue weighted by Crippen LogP contribution is -2.27. The third-order valence-corrected chi connectivity index (χ3v) is 4.81. The first kappa shape index (κ1) is 16.4. The Morgan fingerprint density at radius 1 is 1.25 bits per heavy atom. The molecule has 0 N–H and O–H groups in total. The Hall–Kier alpha value is -2.47. The largest absolute Gasteiger partial charge is 0.302 e. The Morgan fingerprint density at radius 2 is 2.04 bits per heavy atom. The van der Waals surface area contributed by atoms with Gasteiger partial charge in [-0.1, -0.05) is 6.07 Å². The third kappa shape index (κ3) is 2.73. The molecule has 1 aliphatic heterocycles. The van der Waals surface area contributed by atoms with E-state index in [1.807, 2.05) is 43.5 Å². The average Bonchev–Trinajstić information content (AvgIpc) is 2.88. The minimum absolute atomic E-state index is 0.317. The van der Waals surface area contributed by atoms with Gasteiger partial charge in [-0.25, -0.2) is 0 Å². The van der Waals surface area contributed by atoms with Gasteiger partial charge in [0.2, 0.25) is 0 Å². The molecule has 1 aromatic heterocycles. The molecule has 122 valence electrons. The van der Waals surface area contributed by atoms with E-state index in [0.717, 1.165) is 21.7 Å². The van der Waals surface area contributed by atoms with Gasteiger partial charge in [-0.15, -0.1) is 11.8 Å². The molecule has 0 spiro atoms. The number of pyridine rings is 1. The maximum absolute atomic E-state index is 12.4. The van der Waals surface area contributed by atoms with Crippen LogP contribution in [0.1, 0.15) is 12.5 Å². The molecule has 0 radical (unpaired) electrons. The first-order valence-electron chi connectivity index (χ1n) is 7.51. The van der Waals surface area contributed by atoms with Crippen LogP contribution in [0.15, 0.2) is 46.5 Å². The van der Waals surface area contributed by atoms with Crippen LogP contribution < -0.4 is 5.01 Å². The lowest BCUT2D eigenvalue weighted by atomic mass is 10.0. The standard InChI is InChI=1S/C18H17N3O2S/c1-11-5-4-8-19-17(11)14-9-13(6-7-16(14)24-3)21-18(23)15(10-22)12(2)20-21/h4-10,15H,1-3H3. The van der Waals surface area contributed by atoms with Crippen LogP contribution >= 0.6 is 11.8 Å². The number of nitrogens with zero attached hydrogens (tertiary/aromatic N) is 3. The van der Waals surface area contributed by atoms with E-state index in [4.69, 9.17) is 0 Å². The lowest BCUT2D eigenvalue weighted by molar-refractivity contribution is -0.123. The number of rotatable bonds is 4. The minimum Gasteiger partial charge on any atom is -0.302 e. The quantitative estimate of drug-likeness (QED) is 0.487. The summed E-state index contributed by atoms with van der Waals surface area (Å²) in [6.45, 7) is 3.70. The summed E-state index contributed by atoms with van der Waals surface area (Å²) in [6.07, 6.45) is 4.40. The van der Waals surface area contributed by atoms with Crippen molar-refractivity contribution >= 4 is 35.4 Å². The lowest BCUT2D eigenvalue weighted by Gasteiger charge is -2.16. The van der Waals surface area contributed by atoms with E-state index in [0.29, 0.717) is 17.7 Å². The maximum atomic E-state index is 12.4. The first-order valence-corrected chi connectivity index (χ1v) is 8.73. The highest BCUT2D eigenvalue weighted by molar-refractivity contribution is 7.98. The Balaban J connectivity index is 2.10. The number of carbonyl (C=O) groups excluding carboxylic acids is 2. The molecule has 24 heavy (non-hydrogen) atoms. The fourth-order valence-electron chi connectivity index (χ4n) is 2.70. The molecule has 2 heterocycles. The number of anilines is 1. The topological polar surface area (TPSA) is 62.6 Å². The van der Waals surface area contributed by atoms with Crippen molar-refractivity contribution in [2.75, 3.05) is 11.3 Å². The van der Waals surface area contributed by atoms with Gasteiger partial charge in [0.15, 0.2) is 0 Å². The molecule has 0 saturated carbocycles. The van der Waals surface area contributed by atoms with Gasteiger partial charge >= 0.3 is 0 Å². The van der Waals surface area contributed by atoms with Crippen LogP contribution in [-0.4, -0.2) is 29.1 Å². The smallest absolute Gasteiger partial charge is 0.263 e. The van der Waals surface area contributed by atoms with Gasteiger partial charge < -0.3 is 4.79 Å². The zero-order valence-corrected chi connectivity index (χ0v) is 14.5. The van der Waals surface area contributed by atoms with E-state index in [1.54, 1.807) is 24.9 Å². The van der Waals surface area contributed by atoms with E-state index in [2.05, 4.69) is 10.1 Å². The fraction of sp³-hybridized carbons (Fsp3) is 0.222. The Kier molecular flexibility index (Phi) is 4.49. The van der Waals surface area contributed by atoms with Crippen LogP contribution in [0.2, 0.25) is 0 Å². The second-order valence-corrected chi connectivity index (χ2v) is 6.41. The molecule has 1 aromatic carbocycles. The predicted octanol–water partition coefficient (Wildman–Crippen LogP) is 3.32. The maximum Gasteiger partial charge on any atom is 0.263 e. The SMILES string of the molecule is CSc1ccc(N2N=C(C)C(C=O)C2=O)cc1-c1ncccc1C. The molecular weight excluding hydrogens is 322 g/mol. The van der Waals surface area contributed by atoms with E-state index in [9.17, 15) is 9.59 Å². The van der Waals surface area contributed by atoms with E-state index >= 15 is 0 Å². The molecule has 3 rings (SSSR count). The summed E-state index contributed by atoms with van der Waals surface area (Å²) in [6, 6.07) is 9.60. The van der Waals surface area contributed by atoms with Crippen LogP contribution in [0, 0.1) is 12.8 Å². The highest BCUT2D eigenvalue weighted by atomic mass is 32.2. The highest BCUT2D eigenvalue weighted by Crippen LogP contribution is 2.35. The van der Waals surface area contributed by atoms with Crippen molar-refractivity contribution < 1.29 is 9.59 Å². The number of hydrogen-bond donors (Lipinski definition) is 0. The summed E-state index contributed by atoms with van der Waals surface area (Å²) in [5, 5.41) is 5.55. The van der Waals surface area contributed by atoms with Gasteiger partial charge in [0.05, 0.1) is 17.1 Å². The average molecular weight is 339 g/mol. The Morgan fingerprint density at radius 3 is 2.67 bits per heavy atom. The van der Waals surface area contributed by atoms with Crippen molar-refractivity contribution in [3.05, 3.63) is 42.1 Å². The predicted molar refractivity (Wildman–Crippen MR) is 96.3 cm³/mol. The fourth-order valence-corrected chi connectivity index (χ4v) is 3.28. The number of amides is 1. The van der Waals surface area contributed by atoms with E-state index < -0.39 is 5.92 Å². The molecule has 6 heteroatoms. The van der Waals surface area contributed by atoms with Gasteiger partial charge in [0, 0.05) is 16.7 Å². The number of hydrogen-bond acceptors (Lipinski definition) is 5. The summed E-state index contributed by atoms with van der Waals surface area (Å²) in [7, 11) is 0. The van der Waals surface area contributed by atoms with Gasteiger partial charge in [-0.3, -0.25) is 9.78 Å². The van der Waals surface area contributed by atoms with Crippen LogP contribution in [0.5, 0.6) is 0 Å². The zero-order valence-electron chi connectivity index (χ0n) is 13.7. The summed E-state index contributed by atoms with van der Waals surface area (Å²) in [5.74, 6) is -1.10. The van der Waals surface area contributed by atoms with E-state index in [1.165, 1.54) is 5.01 Å². The molecule has 0 fully saturated rings. The van der Waals surface area contributed by atoms with Gasteiger partial charge in [-0.05, 0) is 49.9 Å². The highest BCUT2D eigenvalue weighted by Gasteiger charge is 2.34. The second-order valence-electron chi connectivity index (χ2n) is 5.56. The van der Waals surface area contributed by atoms with Gasteiger partial charge in [-0.2, -0.15) is 10.1 Å². The van der Waals surface area contributed by atoms with Crippen molar-refractivity contribution in [1.82, 2.24) is 4.98 Å². The van der Waals surface area contributed by atoms with Crippen LogP contribution in [0.3, 0.4) is 0 Å². The van der Waals surface area contributed by atoms with Crippen LogP contribution in [0.25, 0.3) is 11.3 Å². The number of benzene rings is 1. The van der Waals surface area contributed by atoms with Crippen molar-refractivity contribution in [1.29, 1.82) is 0 Å². The van der Waals surface area contributed by atoms with Crippen molar-refractivity contribution in [2.24, 2.45) is 11.0 Å². The number of hydrazone groups is 1. The first-order chi connectivity index (χ1) is 11.6. The number of aromatic nitrogens is 1. The summed E-state index contributed by atoms with van der Waals surface area (Å²) in [5.41, 5.74) is 4.04. The summed E-state index contributed by atoms with van der Waals surface area (Å²) < 4.78 is 0.